The van der Waals surface area contributed by atoms with Crippen LogP contribution in [0.1, 0.15) is 23.0 Å². The summed E-state index contributed by atoms with van der Waals surface area (Å²) in [5, 5.41) is 18.0. The van der Waals surface area contributed by atoms with Crippen molar-refractivity contribution in [3.8, 4) is 0 Å². The number of nitrogens with one attached hydrogen (secondary N) is 1. The minimum absolute atomic E-state index is 0.104. The Hall–Kier alpha value is -2.89. The first kappa shape index (κ1) is 20.4. The fourth-order valence-corrected chi connectivity index (χ4v) is 4.13. The number of nitrogens with zero attached hydrogens (tertiary/aromatic N) is 5. The van der Waals surface area contributed by atoms with Gasteiger partial charge in [-0.2, -0.15) is 5.10 Å². The van der Waals surface area contributed by atoms with Crippen LogP contribution in [-0.4, -0.2) is 41.2 Å². The first-order valence-corrected chi connectivity index (χ1v) is 9.91. The molecule has 3 aromatic heterocycles. The molecule has 0 spiro atoms. The van der Waals surface area contributed by atoms with E-state index in [-0.39, 0.29) is 17.8 Å². The van der Waals surface area contributed by atoms with E-state index >= 15 is 0 Å². The van der Waals surface area contributed by atoms with Crippen LogP contribution in [-0.2, 0) is 12.1 Å². The summed E-state index contributed by atoms with van der Waals surface area (Å²) < 4.78 is 31.4. The average Bonchev–Trinajstić information content (AvgIpc) is 3.37. The molecule has 2 N–H and O–H groups in total. The first-order chi connectivity index (χ1) is 14.3. The van der Waals surface area contributed by atoms with Gasteiger partial charge in [0.1, 0.15) is 39.9 Å². The van der Waals surface area contributed by atoms with Crippen LogP contribution < -0.4 is 5.32 Å². The van der Waals surface area contributed by atoms with Crippen molar-refractivity contribution in [2.45, 2.75) is 25.1 Å². The third-order valence-corrected chi connectivity index (χ3v) is 5.81. The van der Waals surface area contributed by atoms with Crippen LogP contribution in [0.2, 0.25) is 4.34 Å². The predicted octanol–water partition coefficient (Wildman–Crippen LogP) is 2.63. The molecule has 0 saturated carbocycles. The number of benzene rings is 1. The number of carbonyl (C=O) groups is 1. The lowest BCUT2D eigenvalue weighted by atomic mass is 9.86. The second-order valence-corrected chi connectivity index (χ2v) is 8.33. The second kappa shape index (κ2) is 7.74. The molecular formula is C18H15ClF2N6O2S. The fourth-order valence-electron chi connectivity index (χ4n) is 3.12. The summed E-state index contributed by atoms with van der Waals surface area (Å²) in [5.74, 6) is -2.31. The van der Waals surface area contributed by atoms with Crippen molar-refractivity contribution in [1.29, 1.82) is 0 Å². The Bertz CT molecular complexity index is 1180. The molecule has 0 radical (unpaired) electrons. The van der Waals surface area contributed by atoms with E-state index in [9.17, 15) is 18.7 Å². The van der Waals surface area contributed by atoms with Crippen LogP contribution in [0, 0.1) is 11.6 Å². The van der Waals surface area contributed by atoms with E-state index in [1.54, 1.807) is 10.6 Å². The SMILES string of the molecule is C[C@@H](NC(=O)c1cn2cc(Cl)sc2n1)[C@](O)(Cn1cncn1)c1ccc(F)cc1F. The Morgan fingerprint density at radius 3 is 2.87 bits per heavy atom. The van der Waals surface area contributed by atoms with E-state index in [0.29, 0.717) is 15.4 Å². The minimum atomic E-state index is -1.96. The van der Waals surface area contributed by atoms with Crippen molar-refractivity contribution < 1.29 is 18.7 Å². The number of thiazole rings is 1. The maximum Gasteiger partial charge on any atom is 0.271 e. The van der Waals surface area contributed by atoms with E-state index in [1.807, 2.05) is 0 Å². The molecule has 8 nitrogen and oxygen atoms in total. The molecule has 1 amide bonds. The van der Waals surface area contributed by atoms with Crippen LogP contribution >= 0.6 is 22.9 Å². The van der Waals surface area contributed by atoms with Crippen LogP contribution in [0.15, 0.2) is 43.2 Å². The highest BCUT2D eigenvalue weighted by molar-refractivity contribution is 7.20. The van der Waals surface area contributed by atoms with Crippen LogP contribution in [0.3, 0.4) is 0 Å². The molecule has 0 fully saturated rings. The summed E-state index contributed by atoms with van der Waals surface area (Å²) >= 11 is 7.11. The summed E-state index contributed by atoms with van der Waals surface area (Å²) in [6.07, 6.45) is 5.71. The van der Waals surface area contributed by atoms with Crippen molar-refractivity contribution in [2.24, 2.45) is 0 Å². The largest absolute Gasteiger partial charge is 0.381 e. The minimum Gasteiger partial charge on any atom is -0.381 e. The van der Waals surface area contributed by atoms with Gasteiger partial charge in [-0.25, -0.2) is 23.4 Å². The summed E-state index contributed by atoms with van der Waals surface area (Å²) in [7, 11) is 0. The van der Waals surface area contributed by atoms with Gasteiger partial charge in [-0.05, 0) is 13.0 Å². The molecule has 30 heavy (non-hydrogen) atoms. The number of aliphatic hydroxyl groups is 1. The number of amides is 1. The molecule has 1 aromatic carbocycles. The highest BCUT2D eigenvalue weighted by Gasteiger charge is 2.40. The van der Waals surface area contributed by atoms with Crippen molar-refractivity contribution in [3.63, 3.8) is 0 Å². The molecule has 2 atom stereocenters. The van der Waals surface area contributed by atoms with Crippen molar-refractivity contribution >= 4 is 33.8 Å². The van der Waals surface area contributed by atoms with E-state index in [1.165, 1.54) is 41.8 Å². The van der Waals surface area contributed by atoms with Crippen LogP contribution in [0.4, 0.5) is 8.78 Å². The van der Waals surface area contributed by atoms with E-state index < -0.39 is 29.2 Å². The highest BCUT2D eigenvalue weighted by Crippen LogP contribution is 2.30. The van der Waals surface area contributed by atoms with Gasteiger partial charge in [0.15, 0.2) is 4.96 Å². The lowest BCUT2D eigenvalue weighted by Gasteiger charge is -2.35. The number of hydrogen-bond acceptors (Lipinski definition) is 6. The van der Waals surface area contributed by atoms with Gasteiger partial charge in [-0.1, -0.05) is 29.0 Å². The smallest absolute Gasteiger partial charge is 0.271 e. The Morgan fingerprint density at radius 2 is 2.20 bits per heavy atom. The number of aromatic nitrogens is 5. The zero-order chi connectivity index (χ0) is 21.5. The van der Waals surface area contributed by atoms with Gasteiger partial charge in [0.2, 0.25) is 0 Å². The molecule has 4 aromatic rings. The summed E-state index contributed by atoms with van der Waals surface area (Å²) in [5.41, 5.74) is -2.04. The van der Waals surface area contributed by atoms with Crippen LogP contribution in [0.25, 0.3) is 4.96 Å². The second-order valence-electron chi connectivity index (χ2n) is 6.69. The summed E-state index contributed by atoms with van der Waals surface area (Å²) in [6.45, 7) is 1.28. The molecule has 0 aliphatic rings. The van der Waals surface area contributed by atoms with Gasteiger partial charge in [-0.15, -0.1) is 0 Å². The normalized spacial score (nSPS) is 14.6. The number of imidazole rings is 1. The van der Waals surface area contributed by atoms with Crippen LogP contribution in [0.5, 0.6) is 0 Å². The number of rotatable bonds is 6. The zero-order valence-electron chi connectivity index (χ0n) is 15.5. The standard InChI is InChI=1S/C18H15ClF2N6O2S/c1-10(24-16(28)14-5-26-6-15(19)30-17(26)25-14)18(29,7-27-9-22-8-23-27)12-3-2-11(20)4-13(12)21/h2-6,8-10,29H,7H2,1H3,(H,24,28)/t10-,18-/m1/s1. The summed E-state index contributed by atoms with van der Waals surface area (Å²) in [6, 6.07) is 1.84. The number of carbonyl (C=O) groups excluding carboxylic acids is 1. The number of hydrogen-bond donors (Lipinski definition) is 2. The topological polar surface area (TPSA) is 97.3 Å². The first-order valence-electron chi connectivity index (χ1n) is 8.71. The third kappa shape index (κ3) is 3.78. The molecule has 156 valence electrons. The fraction of sp³-hybridized carbons (Fsp3) is 0.222. The molecule has 12 heteroatoms. The molecule has 0 aliphatic heterocycles. The summed E-state index contributed by atoms with van der Waals surface area (Å²) in [4.78, 5) is 21.2. The molecule has 0 saturated heterocycles. The Kier molecular flexibility index (Phi) is 5.26. The molecule has 3 heterocycles. The van der Waals surface area contributed by atoms with Gasteiger partial charge >= 0.3 is 0 Å². The molecule has 4 rings (SSSR count). The zero-order valence-corrected chi connectivity index (χ0v) is 17.0. The predicted molar refractivity (Wildman–Crippen MR) is 105 cm³/mol. The van der Waals surface area contributed by atoms with E-state index in [2.05, 4.69) is 20.4 Å². The maximum atomic E-state index is 14.5. The van der Waals surface area contributed by atoms with Gasteiger partial charge in [-0.3, -0.25) is 9.20 Å². The maximum absolute atomic E-state index is 14.5. The average molecular weight is 453 g/mol. The number of halogens is 3. The highest BCUT2D eigenvalue weighted by atomic mass is 35.5. The quantitative estimate of drug-likeness (QED) is 0.468. The molecule has 0 bridgehead atoms. The van der Waals surface area contributed by atoms with Crippen molar-refractivity contribution in [1.82, 2.24) is 29.5 Å². The Morgan fingerprint density at radius 1 is 1.40 bits per heavy atom. The third-order valence-electron chi connectivity index (χ3n) is 4.69. The van der Waals surface area contributed by atoms with Crippen molar-refractivity contribution in [3.05, 3.63) is 70.5 Å². The monoisotopic (exact) mass is 452 g/mol. The van der Waals surface area contributed by atoms with E-state index in [0.717, 1.165) is 12.1 Å². The molecule has 0 unspecified atom stereocenters. The Balaban J connectivity index is 1.65. The van der Waals surface area contributed by atoms with Crippen molar-refractivity contribution in [2.75, 3.05) is 0 Å². The molecule has 0 aliphatic carbocycles. The number of fused-ring (bicyclic) bond motifs is 1. The lowest BCUT2D eigenvalue weighted by Crippen LogP contribution is -2.52. The lowest BCUT2D eigenvalue weighted by molar-refractivity contribution is -0.0186. The van der Waals surface area contributed by atoms with Gasteiger partial charge in [0.05, 0.1) is 12.6 Å². The van der Waals surface area contributed by atoms with Gasteiger partial charge < -0.3 is 10.4 Å². The van der Waals surface area contributed by atoms with E-state index in [4.69, 9.17) is 11.6 Å². The van der Waals surface area contributed by atoms with Gasteiger partial charge in [0.25, 0.3) is 5.91 Å². The van der Waals surface area contributed by atoms with Gasteiger partial charge in [0, 0.05) is 24.0 Å². The molecular weight excluding hydrogens is 438 g/mol. The Labute approximate surface area is 177 Å².